The van der Waals surface area contributed by atoms with E-state index in [-0.39, 0.29) is 23.6 Å². The number of anilines is 1. The van der Waals surface area contributed by atoms with Crippen LogP contribution in [-0.2, 0) is 15.6 Å². The third-order valence-electron chi connectivity index (χ3n) is 5.40. The Balaban J connectivity index is 1.33. The van der Waals surface area contributed by atoms with E-state index < -0.39 is 0 Å². The third kappa shape index (κ3) is 5.60. The van der Waals surface area contributed by atoms with Crippen molar-refractivity contribution in [2.24, 2.45) is 0 Å². The summed E-state index contributed by atoms with van der Waals surface area (Å²) in [6.07, 6.45) is 0. The average Bonchev–Trinajstić information content (AvgIpc) is 3.32. The Morgan fingerprint density at radius 2 is 1.50 bits per heavy atom. The van der Waals surface area contributed by atoms with Gasteiger partial charge in [0, 0.05) is 12.2 Å². The highest BCUT2D eigenvalue weighted by atomic mass is 32.2. The van der Waals surface area contributed by atoms with Gasteiger partial charge in [-0.15, -0.1) is 0 Å². The van der Waals surface area contributed by atoms with Crippen LogP contribution >= 0.6 is 11.3 Å². The monoisotopic (exact) mass is 513 g/mol. The maximum absolute atomic E-state index is 13.0. The molecule has 4 aromatic carbocycles. The number of carbonyl (C=O) groups is 1. The summed E-state index contributed by atoms with van der Waals surface area (Å²) in [6.45, 7) is 2.72. The van der Waals surface area contributed by atoms with Crippen LogP contribution in [0.2, 0.25) is 0 Å². The fourth-order valence-corrected chi connectivity index (χ4v) is 6.65. The molecular weight excluding hydrogens is 488 g/mol. The van der Waals surface area contributed by atoms with E-state index in [4.69, 9.17) is 9.47 Å². The average molecular weight is 514 g/mol. The molecule has 1 aromatic heterocycles. The number of carbonyl (C=O) groups excluding carboxylic acids is 1. The van der Waals surface area contributed by atoms with E-state index in [2.05, 4.69) is 58.8 Å². The number of benzene rings is 4. The topological polar surface area (TPSA) is 60.5 Å². The van der Waals surface area contributed by atoms with Gasteiger partial charge in [-0.25, -0.2) is 4.98 Å². The zero-order valence-corrected chi connectivity index (χ0v) is 21.4. The van der Waals surface area contributed by atoms with Gasteiger partial charge in [-0.2, -0.15) is 0 Å². The first kappa shape index (κ1) is 24.1. The summed E-state index contributed by atoms with van der Waals surface area (Å²) in [5.41, 5.74) is 1.40. The summed E-state index contributed by atoms with van der Waals surface area (Å²) in [4.78, 5) is 21.1. The number of amides is 1. The smallest absolute Gasteiger partial charge is 0.257 e. The minimum absolute atomic E-state index is 0.187. The number of aromatic nitrogens is 1. The highest BCUT2D eigenvalue weighted by Crippen LogP contribution is 2.32. The predicted molar refractivity (Wildman–Crippen MR) is 146 cm³/mol. The molecule has 0 aliphatic carbocycles. The zero-order valence-electron chi connectivity index (χ0n) is 19.7. The van der Waals surface area contributed by atoms with Crippen molar-refractivity contribution in [3.05, 3.63) is 109 Å². The Morgan fingerprint density at radius 1 is 0.861 bits per heavy atom. The van der Waals surface area contributed by atoms with Crippen molar-refractivity contribution in [2.75, 3.05) is 18.7 Å². The molecule has 1 heterocycles. The van der Waals surface area contributed by atoms with Gasteiger partial charge in [-0.1, -0.05) is 47.7 Å². The number of hydrogen-bond acceptors (Lipinski definition) is 5. The van der Waals surface area contributed by atoms with Crippen molar-refractivity contribution in [2.45, 2.75) is 21.6 Å². The van der Waals surface area contributed by atoms with Gasteiger partial charge in [0.15, 0.2) is 26.6 Å². The number of fused-ring (bicyclic) bond motifs is 1. The predicted octanol–water partition coefficient (Wildman–Crippen LogP) is 7.02. The lowest BCUT2D eigenvalue weighted by Gasteiger charge is -2.08. The highest BCUT2D eigenvalue weighted by molar-refractivity contribution is 7.97. The second-order valence-corrected chi connectivity index (χ2v) is 10.9. The first-order valence-corrected chi connectivity index (χ1v) is 13.6. The van der Waals surface area contributed by atoms with E-state index >= 15 is 0 Å². The summed E-state index contributed by atoms with van der Waals surface area (Å²) < 4.78 is 11.8. The van der Waals surface area contributed by atoms with Gasteiger partial charge < -0.3 is 9.47 Å². The van der Waals surface area contributed by atoms with Crippen LogP contribution in [0.5, 0.6) is 5.75 Å². The summed E-state index contributed by atoms with van der Waals surface area (Å²) in [5, 5.41) is 3.49. The maximum atomic E-state index is 13.0. The molecule has 0 fully saturated rings. The summed E-state index contributed by atoms with van der Waals surface area (Å²) in [6, 6.07) is 34.4. The molecule has 0 aliphatic rings. The van der Waals surface area contributed by atoms with Crippen molar-refractivity contribution >= 4 is 43.5 Å². The largest absolute Gasteiger partial charge is 0.468 e. The van der Waals surface area contributed by atoms with Crippen molar-refractivity contribution in [3.8, 4) is 5.75 Å². The highest BCUT2D eigenvalue weighted by Gasteiger charge is 2.28. The van der Waals surface area contributed by atoms with Gasteiger partial charge in [0.2, 0.25) is 0 Å². The molecule has 5 aromatic rings. The van der Waals surface area contributed by atoms with Crippen LogP contribution in [0.3, 0.4) is 0 Å². The molecule has 5 nitrogen and oxygen atoms in total. The van der Waals surface area contributed by atoms with Crippen molar-refractivity contribution < 1.29 is 14.3 Å². The van der Waals surface area contributed by atoms with Crippen LogP contribution < -0.4 is 10.1 Å². The zero-order chi connectivity index (χ0) is 24.7. The number of ether oxygens (including phenoxy) is 2. The molecule has 5 rings (SSSR count). The Kier molecular flexibility index (Phi) is 7.61. The van der Waals surface area contributed by atoms with Crippen molar-refractivity contribution in [1.82, 2.24) is 4.98 Å². The minimum Gasteiger partial charge on any atom is -0.468 e. The van der Waals surface area contributed by atoms with Gasteiger partial charge in [-0.05, 0) is 73.7 Å². The number of thiazole rings is 1. The van der Waals surface area contributed by atoms with E-state index in [0.29, 0.717) is 23.1 Å². The molecule has 36 heavy (non-hydrogen) atoms. The molecule has 1 amide bonds. The first-order valence-electron chi connectivity index (χ1n) is 11.6. The Morgan fingerprint density at radius 3 is 2.14 bits per heavy atom. The van der Waals surface area contributed by atoms with Crippen LogP contribution in [-0.4, -0.2) is 24.3 Å². The Bertz CT molecular complexity index is 1400. The van der Waals surface area contributed by atoms with Gasteiger partial charge in [0.25, 0.3) is 5.91 Å². The lowest BCUT2D eigenvalue weighted by molar-refractivity contribution is 0.0225. The fraction of sp³-hybridized carbons (Fsp3) is 0.103. The Hall–Kier alpha value is -3.65. The van der Waals surface area contributed by atoms with Crippen molar-refractivity contribution in [1.29, 1.82) is 0 Å². The quantitative estimate of drug-likeness (QED) is 0.131. The standard InChI is InChI=1S/C29H24N2O3S2/c1-2-33-20-34-22-15-18-26-27(19-22)35-29(30-26)31-28(32)21-13-16-25(17-14-21)36(23-9-5-3-6-10-23)24-11-7-4-8-12-24/h3-19H,2,20H2,1H3/p+1. The van der Waals surface area contributed by atoms with Crippen molar-refractivity contribution in [3.63, 3.8) is 0 Å². The van der Waals surface area contributed by atoms with Crippen LogP contribution in [0, 0.1) is 0 Å². The molecule has 0 unspecified atom stereocenters. The molecule has 0 spiro atoms. The third-order valence-corrected chi connectivity index (χ3v) is 8.57. The van der Waals surface area contributed by atoms with Crippen LogP contribution in [0.25, 0.3) is 10.2 Å². The van der Waals surface area contributed by atoms with E-state index in [1.165, 1.54) is 21.1 Å². The fourth-order valence-electron chi connectivity index (χ4n) is 3.67. The van der Waals surface area contributed by atoms with E-state index in [1.54, 1.807) is 0 Å². The summed E-state index contributed by atoms with van der Waals surface area (Å²) in [7, 11) is -0.253. The lowest BCUT2D eigenvalue weighted by Crippen LogP contribution is -2.12. The van der Waals surface area contributed by atoms with Gasteiger partial charge in [-0.3, -0.25) is 10.1 Å². The van der Waals surface area contributed by atoms with Gasteiger partial charge in [0.05, 0.1) is 21.1 Å². The summed E-state index contributed by atoms with van der Waals surface area (Å²) in [5.74, 6) is 0.521. The first-order chi connectivity index (χ1) is 17.7. The number of nitrogens with one attached hydrogen (secondary N) is 1. The normalized spacial score (nSPS) is 11.1. The maximum Gasteiger partial charge on any atom is 0.257 e. The van der Waals surface area contributed by atoms with Crippen LogP contribution in [0.4, 0.5) is 5.13 Å². The number of nitrogens with zero attached hydrogens (tertiary/aromatic N) is 1. The van der Waals surface area contributed by atoms with Crippen LogP contribution in [0.1, 0.15) is 17.3 Å². The number of rotatable bonds is 9. The molecule has 180 valence electrons. The molecule has 0 saturated heterocycles. The molecule has 1 N–H and O–H groups in total. The minimum atomic E-state index is -0.253. The van der Waals surface area contributed by atoms with Gasteiger partial charge >= 0.3 is 0 Å². The Labute approximate surface area is 217 Å². The summed E-state index contributed by atoms with van der Waals surface area (Å²) >= 11 is 1.41. The van der Waals surface area contributed by atoms with Gasteiger partial charge in [0.1, 0.15) is 5.75 Å². The van der Waals surface area contributed by atoms with E-state index in [0.717, 1.165) is 15.1 Å². The lowest BCUT2D eigenvalue weighted by atomic mass is 10.2. The molecular formula is C29H25N2O3S2+. The van der Waals surface area contributed by atoms with Crippen LogP contribution in [0.15, 0.2) is 118 Å². The molecule has 0 aliphatic heterocycles. The molecule has 7 heteroatoms. The molecule has 0 saturated carbocycles. The second kappa shape index (κ2) is 11.4. The molecule has 0 radical (unpaired) electrons. The van der Waals surface area contributed by atoms with E-state index in [9.17, 15) is 4.79 Å². The van der Waals surface area contributed by atoms with E-state index in [1.807, 2.05) is 61.5 Å². The SMILES string of the molecule is CCOCOc1ccc2nc(NC(=O)c3ccc([S+](c4ccccc4)c4ccccc4)cc3)sc2c1. The number of hydrogen-bond donors (Lipinski definition) is 1. The second-order valence-electron chi connectivity index (χ2n) is 7.81. The molecule has 0 atom stereocenters. The molecule has 0 bridgehead atoms.